The second kappa shape index (κ2) is 5.21. The Balaban J connectivity index is 1.96. The van der Waals surface area contributed by atoms with Gasteiger partial charge in [0.15, 0.2) is 0 Å². The minimum absolute atomic E-state index is 0.0572. The van der Waals surface area contributed by atoms with E-state index >= 15 is 0 Å². The zero-order valence-corrected chi connectivity index (χ0v) is 14.4. The van der Waals surface area contributed by atoms with Gasteiger partial charge in [-0.15, -0.1) is 6.58 Å². The van der Waals surface area contributed by atoms with Gasteiger partial charge >= 0.3 is 0 Å². The highest BCUT2D eigenvalue weighted by molar-refractivity contribution is 5.29. The Labute approximate surface area is 135 Å². The fourth-order valence-corrected chi connectivity index (χ4v) is 5.57. The van der Waals surface area contributed by atoms with Gasteiger partial charge in [-0.1, -0.05) is 38.5 Å². The highest BCUT2D eigenvalue weighted by Gasteiger charge is 2.55. The van der Waals surface area contributed by atoms with Crippen molar-refractivity contribution in [2.75, 3.05) is 6.61 Å². The number of hydrogen-bond acceptors (Lipinski definition) is 2. The average Bonchev–Trinajstić information content (AvgIpc) is 2.51. The highest BCUT2D eigenvalue weighted by atomic mass is 16.3. The molecule has 124 valence electrons. The fraction of sp³-hybridized carbons (Fsp3) is 0.800. The highest BCUT2D eigenvalue weighted by Crippen LogP contribution is 2.63. The molecule has 22 heavy (non-hydrogen) atoms. The van der Waals surface area contributed by atoms with Crippen molar-refractivity contribution in [2.24, 2.45) is 28.1 Å². The van der Waals surface area contributed by atoms with Crippen LogP contribution in [-0.2, 0) is 0 Å². The van der Waals surface area contributed by atoms with Crippen LogP contribution in [0.25, 0.3) is 0 Å². The van der Waals surface area contributed by atoms with Crippen LogP contribution >= 0.6 is 0 Å². The molecule has 0 aromatic heterocycles. The van der Waals surface area contributed by atoms with Gasteiger partial charge in [-0.3, -0.25) is 0 Å². The molecule has 3 rings (SSSR count). The molecule has 2 nitrogen and oxygen atoms in total. The Bertz CT molecular complexity index is 496. The van der Waals surface area contributed by atoms with Gasteiger partial charge in [0.2, 0.25) is 0 Å². The van der Waals surface area contributed by atoms with Crippen molar-refractivity contribution in [2.45, 2.75) is 65.4 Å². The van der Waals surface area contributed by atoms with Crippen LogP contribution < -0.4 is 0 Å². The van der Waals surface area contributed by atoms with Crippen molar-refractivity contribution in [1.82, 2.24) is 0 Å². The fourth-order valence-electron chi connectivity index (χ4n) is 5.57. The lowest BCUT2D eigenvalue weighted by molar-refractivity contribution is -0.0654. The van der Waals surface area contributed by atoms with Crippen molar-refractivity contribution in [1.29, 1.82) is 0 Å². The summed E-state index contributed by atoms with van der Waals surface area (Å²) in [6.45, 7) is 11.0. The summed E-state index contributed by atoms with van der Waals surface area (Å²) in [6, 6.07) is 0. The molecule has 3 aliphatic rings. The minimum Gasteiger partial charge on any atom is -0.395 e. The van der Waals surface area contributed by atoms with E-state index in [1.54, 1.807) is 0 Å². The molecule has 0 spiro atoms. The first-order chi connectivity index (χ1) is 10.3. The first-order valence-corrected chi connectivity index (χ1v) is 8.92. The lowest BCUT2D eigenvalue weighted by Gasteiger charge is -2.59. The second-order valence-electron chi connectivity index (χ2n) is 8.88. The number of fused-ring (bicyclic) bond motifs is 3. The van der Waals surface area contributed by atoms with E-state index in [0.29, 0.717) is 17.3 Å². The topological polar surface area (TPSA) is 40.5 Å². The summed E-state index contributed by atoms with van der Waals surface area (Å²) < 4.78 is 0. The molecule has 0 aromatic rings. The lowest BCUT2D eigenvalue weighted by Crippen LogP contribution is -2.53. The van der Waals surface area contributed by atoms with E-state index in [4.69, 9.17) is 0 Å². The molecule has 0 saturated heterocycles. The molecule has 6 atom stereocenters. The first kappa shape index (κ1) is 16.3. The number of aliphatic hydroxyl groups is 2. The van der Waals surface area contributed by atoms with E-state index in [1.807, 2.05) is 0 Å². The first-order valence-electron chi connectivity index (χ1n) is 8.92. The Kier molecular flexibility index (Phi) is 3.85. The molecule has 0 heterocycles. The quantitative estimate of drug-likeness (QED) is 0.755. The molecule has 2 fully saturated rings. The predicted molar refractivity (Wildman–Crippen MR) is 90.4 cm³/mol. The maximum atomic E-state index is 10.5. The third kappa shape index (κ3) is 2.14. The molecule has 3 aliphatic carbocycles. The van der Waals surface area contributed by atoms with Crippen LogP contribution in [0.2, 0.25) is 0 Å². The van der Waals surface area contributed by atoms with Crippen LogP contribution in [0.5, 0.6) is 0 Å². The Morgan fingerprint density at radius 3 is 2.64 bits per heavy atom. The third-order valence-corrected chi connectivity index (χ3v) is 7.62. The molecule has 2 saturated carbocycles. The predicted octanol–water partition coefficient (Wildman–Crippen LogP) is 4.08. The molecular formula is C20H32O2. The summed E-state index contributed by atoms with van der Waals surface area (Å²) in [5.74, 6) is 1.23. The van der Waals surface area contributed by atoms with Crippen molar-refractivity contribution < 1.29 is 10.2 Å². The SMILES string of the molecule is C=CC1(C)CCC2(C)C(CC=C3C2CCC(O)C3(C)CO)C1. The van der Waals surface area contributed by atoms with Gasteiger partial charge in [-0.25, -0.2) is 0 Å². The molecule has 0 bridgehead atoms. The standard InChI is InChI=1S/C20H32O2/c1-5-18(2)10-11-19(3)14(12-18)6-7-16-15(19)8-9-17(22)20(16,4)13-21/h5,7,14-15,17,21-22H,1,6,8-13H2,2-4H3. The van der Waals surface area contributed by atoms with Gasteiger partial charge in [0.05, 0.1) is 12.7 Å². The summed E-state index contributed by atoms with van der Waals surface area (Å²) in [6.07, 6.45) is 10.8. The monoisotopic (exact) mass is 304 g/mol. The molecule has 2 heteroatoms. The van der Waals surface area contributed by atoms with Gasteiger partial charge in [0, 0.05) is 5.41 Å². The molecule has 6 unspecified atom stereocenters. The van der Waals surface area contributed by atoms with E-state index in [-0.39, 0.29) is 12.0 Å². The smallest absolute Gasteiger partial charge is 0.0653 e. The maximum absolute atomic E-state index is 10.5. The number of rotatable bonds is 2. The summed E-state index contributed by atoms with van der Waals surface area (Å²) in [7, 11) is 0. The largest absolute Gasteiger partial charge is 0.395 e. The number of allylic oxidation sites excluding steroid dienone is 2. The van der Waals surface area contributed by atoms with Crippen LogP contribution in [0.4, 0.5) is 0 Å². The molecule has 2 N–H and O–H groups in total. The second-order valence-corrected chi connectivity index (χ2v) is 8.88. The van der Waals surface area contributed by atoms with Crippen LogP contribution in [-0.4, -0.2) is 22.9 Å². The molecule has 0 amide bonds. The van der Waals surface area contributed by atoms with E-state index in [0.717, 1.165) is 19.3 Å². The average molecular weight is 304 g/mol. The van der Waals surface area contributed by atoms with E-state index < -0.39 is 11.5 Å². The summed E-state index contributed by atoms with van der Waals surface area (Å²) in [4.78, 5) is 0. The van der Waals surface area contributed by atoms with E-state index in [1.165, 1.54) is 24.8 Å². The maximum Gasteiger partial charge on any atom is 0.0653 e. The summed E-state index contributed by atoms with van der Waals surface area (Å²) in [5, 5.41) is 20.4. The third-order valence-electron chi connectivity index (χ3n) is 7.62. The Hall–Kier alpha value is -0.600. The van der Waals surface area contributed by atoms with Crippen LogP contribution in [0, 0.1) is 28.1 Å². The normalized spacial score (nSPS) is 51.5. The van der Waals surface area contributed by atoms with Gasteiger partial charge < -0.3 is 10.2 Å². The summed E-state index contributed by atoms with van der Waals surface area (Å²) >= 11 is 0. The zero-order chi connectivity index (χ0) is 16.2. The van der Waals surface area contributed by atoms with Crippen LogP contribution in [0.15, 0.2) is 24.3 Å². The van der Waals surface area contributed by atoms with Crippen molar-refractivity contribution in [3.8, 4) is 0 Å². The molecule has 0 aromatic carbocycles. The van der Waals surface area contributed by atoms with Crippen molar-refractivity contribution in [3.05, 3.63) is 24.3 Å². The van der Waals surface area contributed by atoms with E-state index in [2.05, 4.69) is 39.5 Å². The van der Waals surface area contributed by atoms with Gasteiger partial charge in [0.25, 0.3) is 0 Å². The Morgan fingerprint density at radius 1 is 1.27 bits per heavy atom. The van der Waals surface area contributed by atoms with Gasteiger partial charge in [0.1, 0.15) is 0 Å². The van der Waals surface area contributed by atoms with Crippen molar-refractivity contribution >= 4 is 0 Å². The van der Waals surface area contributed by atoms with E-state index in [9.17, 15) is 10.2 Å². The zero-order valence-electron chi connectivity index (χ0n) is 14.4. The Morgan fingerprint density at radius 2 is 2.00 bits per heavy atom. The molecular weight excluding hydrogens is 272 g/mol. The number of hydrogen-bond donors (Lipinski definition) is 2. The minimum atomic E-state index is -0.434. The summed E-state index contributed by atoms with van der Waals surface area (Å²) in [5.41, 5.74) is 1.51. The molecule has 0 radical (unpaired) electrons. The van der Waals surface area contributed by atoms with Crippen LogP contribution in [0.1, 0.15) is 59.3 Å². The van der Waals surface area contributed by atoms with Crippen molar-refractivity contribution in [3.63, 3.8) is 0 Å². The van der Waals surface area contributed by atoms with Gasteiger partial charge in [-0.05, 0) is 61.2 Å². The van der Waals surface area contributed by atoms with Crippen LogP contribution in [0.3, 0.4) is 0 Å². The number of aliphatic hydroxyl groups excluding tert-OH is 2. The molecule has 0 aliphatic heterocycles. The lowest BCUT2D eigenvalue weighted by atomic mass is 9.46. The van der Waals surface area contributed by atoms with Gasteiger partial charge in [-0.2, -0.15) is 0 Å².